The molecule has 0 fully saturated rings. The van der Waals surface area contributed by atoms with E-state index in [1.165, 1.54) is 5.56 Å². The van der Waals surface area contributed by atoms with Gasteiger partial charge in [-0.2, -0.15) is 0 Å². The number of anilines is 2. The molecule has 1 heterocycles. The summed E-state index contributed by atoms with van der Waals surface area (Å²) in [7, 11) is 0. The molecule has 3 rings (SSSR count). The van der Waals surface area contributed by atoms with Crippen molar-refractivity contribution in [3.63, 3.8) is 0 Å². The number of carbonyl (C=O) groups is 1. The van der Waals surface area contributed by atoms with Crippen LogP contribution in [-0.4, -0.2) is 12.7 Å². The summed E-state index contributed by atoms with van der Waals surface area (Å²) in [5.41, 5.74) is 9.53. The lowest BCUT2D eigenvalue weighted by Crippen LogP contribution is -2.14. The number of nitrogen functional groups attached to an aromatic ring is 1. The molecule has 5 nitrogen and oxygen atoms in total. The van der Waals surface area contributed by atoms with E-state index < -0.39 is 0 Å². The summed E-state index contributed by atoms with van der Waals surface area (Å²) >= 11 is 0. The molecule has 0 aliphatic carbocycles. The van der Waals surface area contributed by atoms with Gasteiger partial charge in [0.05, 0.1) is 11.4 Å². The zero-order valence-electron chi connectivity index (χ0n) is 14.9. The average molecular weight is 340 g/mol. The molecule has 0 aromatic heterocycles. The standard InChI is InChI=1S/C20H24N2O3/c1-20(2,3)14-7-4-13(5-8-14)6-9-19(23)22-16-11-18-17(10-15(16)21)24-12-25-18/h4-5,7-8,10-11H,6,9,12,21H2,1-3H3,(H,22,23). The number of hydrogen-bond donors (Lipinski definition) is 2. The lowest BCUT2D eigenvalue weighted by Gasteiger charge is -2.19. The Hall–Kier alpha value is -2.69. The van der Waals surface area contributed by atoms with Gasteiger partial charge in [-0.25, -0.2) is 0 Å². The minimum absolute atomic E-state index is 0.0783. The molecule has 1 aliphatic heterocycles. The first-order valence-electron chi connectivity index (χ1n) is 8.41. The first-order valence-corrected chi connectivity index (χ1v) is 8.41. The third-order valence-electron chi connectivity index (χ3n) is 4.28. The second-order valence-electron chi connectivity index (χ2n) is 7.29. The SMILES string of the molecule is CC(C)(C)c1ccc(CCC(=O)Nc2cc3c(cc2N)OCO3)cc1. The summed E-state index contributed by atoms with van der Waals surface area (Å²) in [4.78, 5) is 12.2. The molecule has 0 saturated carbocycles. The number of fused-ring (bicyclic) bond motifs is 1. The number of nitrogens with one attached hydrogen (secondary N) is 1. The van der Waals surface area contributed by atoms with E-state index in [-0.39, 0.29) is 18.1 Å². The van der Waals surface area contributed by atoms with Gasteiger partial charge in [0.2, 0.25) is 12.7 Å². The largest absolute Gasteiger partial charge is 0.454 e. The first kappa shape index (κ1) is 17.1. The fraction of sp³-hybridized carbons (Fsp3) is 0.350. The Morgan fingerprint density at radius 1 is 1.12 bits per heavy atom. The maximum absolute atomic E-state index is 12.2. The number of rotatable bonds is 4. The Morgan fingerprint density at radius 3 is 2.40 bits per heavy atom. The molecule has 132 valence electrons. The summed E-state index contributed by atoms with van der Waals surface area (Å²) in [5.74, 6) is 1.13. The molecule has 2 aromatic rings. The lowest BCUT2D eigenvalue weighted by molar-refractivity contribution is -0.116. The number of ether oxygens (including phenoxy) is 2. The van der Waals surface area contributed by atoms with Gasteiger partial charge in [0.15, 0.2) is 11.5 Å². The summed E-state index contributed by atoms with van der Waals surface area (Å²) in [6.45, 7) is 6.73. The van der Waals surface area contributed by atoms with Crippen molar-refractivity contribution in [1.29, 1.82) is 0 Å². The molecule has 0 unspecified atom stereocenters. The Bertz CT molecular complexity index is 777. The minimum Gasteiger partial charge on any atom is -0.454 e. The average Bonchev–Trinajstić information content (AvgIpc) is 3.00. The number of carbonyl (C=O) groups excluding carboxylic acids is 1. The fourth-order valence-corrected chi connectivity index (χ4v) is 2.71. The summed E-state index contributed by atoms with van der Waals surface area (Å²) in [6, 6.07) is 11.8. The van der Waals surface area contributed by atoms with Gasteiger partial charge >= 0.3 is 0 Å². The molecule has 0 saturated heterocycles. The number of amides is 1. The van der Waals surface area contributed by atoms with Gasteiger partial charge in [-0.3, -0.25) is 4.79 Å². The molecule has 3 N–H and O–H groups in total. The van der Waals surface area contributed by atoms with Gasteiger partial charge in [-0.1, -0.05) is 45.0 Å². The van der Waals surface area contributed by atoms with Gasteiger partial charge in [-0.15, -0.1) is 0 Å². The quantitative estimate of drug-likeness (QED) is 0.829. The third kappa shape index (κ3) is 4.05. The normalized spacial score (nSPS) is 12.9. The Kier molecular flexibility index (Phi) is 4.57. The molecule has 5 heteroatoms. The molecular formula is C20H24N2O3. The van der Waals surface area contributed by atoms with Crippen LogP contribution in [0.25, 0.3) is 0 Å². The van der Waals surface area contributed by atoms with Gasteiger partial charge in [-0.05, 0) is 23.0 Å². The van der Waals surface area contributed by atoms with Crippen LogP contribution in [-0.2, 0) is 16.6 Å². The fourth-order valence-electron chi connectivity index (χ4n) is 2.71. The van der Waals surface area contributed by atoms with Crippen molar-refractivity contribution in [3.8, 4) is 11.5 Å². The topological polar surface area (TPSA) is 73.6 Å². The van der Waals surface area contributed by atoms with Crippen LogP contribution in [0, 0.1) is 0 Å². The maximum Gasteiger partial charge on any atom is 0.231 e. The zero-order chi connectivity index (χ0) is 18.0. The predicted molar refractivity (Wildman–Crippen MR) is 99.1 cm³/mol. The molecule has 0 atom stereocenters. The van der Waals surface area contributed by atoms with Crippen LogP contribution in [0.4, 0.5) is 11.4 Å². The summed E-state index contributed by atoms with van der Waals surface area (Å²) in [5, 5.41) is 2.85. The zero-order valence-corrected chi connectivity index (χ0v) is 14.9. The Morgan fingerprint density at radius 2 is 1.76 bits per heavy atom. The Balaban J connectivity index is 1.58. The van der Waals surface area contributed by atoms with E-state index in [2.05, 4.69) is 50.4 Å². The van der Waals surface area contributed by atoms with E-state index in [4.69, 9.17) is 15.2 Å². The van der Waals surface area contributed by atoms with Crippen molar-refractivity contribution >= 4 is 17.3 Å². The van der Waals surface area contributed by atoms with Crippen molar-refractivity contribution in [2.24, 2.45) is 0 Å². The van der Waals surface area contributed by atoms with Crippen LogP contribution < -0.4 is 20.5 Å². The van der Waals surface area contributed by atoms with Gasteiger partial charge in [0, 0.05) is 18.6 Å². The number of benzene rings is 2. The lowest BCUT2D eigenvalue weighted by atomic mass is 9.86. The van der Waals surface area contributed by atoms with E-state index in [9.17, 15) is 4.79 Å². The second-order valence-corrected chi connectivity index (χ2v) is 7.29. The molecular weight excluding hydrogens is 316 g/mol. The third-order valence-corrected chi connectivity index (χ3v) is 4.28. The number of hydrogen-bond acceptors (Lipinski definition) is 4. The molecule has 0 radical (unpaired) electrons. The summed E-state index contributed by atoms with van der Waals surface area (Å²) < 4.78 is 10.6. The van der Waals surface area contributed by atoms with E-state index in [1.807, 2.05) is 0 Å². The predicted octanol–water partition coefficient (Wildman–Crippen LogP) is 3.87. The molecule has 2 aromatic carbocycles. The highest BCUT2D eigenvalue weighted by Gasteiger charge is 2.17. The van der Waals surface area contributed by atoms with Crippen molar-refractivity contribution in [2.75, 3.05) is 17.8 Å². The van der Waals surface area contributed by atoms with Crippen LogP contribution in [0.1, 0.15) is 38.3 Å². The van der Waals surface area contributed by atoms with E-state index in [0.717, 1.165) is 5.56 Å². The van der Waals surface area contributed by atoms with Crippen molar-refractivity contribution in [3.05, 3.63) is 47.5 Å². The first-order chi connectivity index (χ1) is 11.8. The van der Waals surface area contributed by atoms with E-state index in [1.54, 1.807) is 12.1 Å². The van der Waals surface area contributed by atoms with Gasteiger partial charge in [0.25, 0.3) is 0 Å². The molecule has 1 amide bonds. The van der Waals surface area contributed by atoms with Crippen molar-refractivity contribution < 1.29 is 14.3 Å². The Labute approximate surface area is 148 Å². The minimum atomic E-state index is -0.0783. The van der Waals surface area contributed by atoms with E-state index in [0.29, 0.717) is 35.7 Å². The molecule has 0 spiro atoms. The molecule has 25 heavy (non-hydrogen) atoms. The highest BCUT2D eigenvalue weighted by atomic mass is 16.7. The van der Waals surface area contributed by atoms with Gasteiger partial charge < -0.3 is 20.5 Å². The van der Waals surface area contributed by atoms with Crippen LogP contribution in [0.2, 0.25) is 0 Å². The second kappa shape index (κ2) is 6.67. The van der Waals surface area contributed by atoms with Crippen molar-refractivity contribution in [1.82, 2.24) is 0 Å². The van der Waals surface area contributed by atoms with Crippen LogP contribution in [0.5, 0.6) is 11.5 Å². The highest BCUT2D eigenvalue weighted by molar-refractivity contribution is 5.94. The smallest absolute Gasteiger partial charge is 0.231 e. The monoisotopic (exact) mass is 340 g/mol. The van der Waals surface area contributed by atoms with Crippen LogP contribution in [0.15, 0.2) is 36.4 Å². The van der Waals surface area contributed by atoms with Crippen LogP contribution >= 0.6 is 0 Å². The molecule has 1 aliphatic rings. The molecule has 0 bridgehead atoms. The highest BCUT2D eigenvalue weighted by Crippen LogP contribution is 2.38. The number of aryl methyl sites for hydroxylation is 1. The number of nitrogens with two attached hydrogens (primary N) is 1. The van der Waals surface area contributed by atoms with E-state index >= 15 is 0 Å². The maximum atomic E-state index is 12.2. The van der Waals surface area contributed by atoms with Gasteiger partial charge in [0.1, 0.15) is 0 Å². The van der Waals surface area contributed by atoms with Crippen LogP contribution in [0.3, 0.4) is 0 Å². The van der Waals surface area contributed by atoms with Crippen molar-refractivity contribution in [2.45, 2.75) is 39.0 Å². The summed E-state index contributed by atoms with van der Waals surface area (Å²) in [6.07, 6.45) is 1.07.